The molecule has 0 spiro atoms. The van der Waals surface area contributed by atoms with Gasteiger partial charge in [-0.15, -0.1) is 0 Å². The van der Waals surface area contributed by atoms with E-state index in [1.807, 2.05) is 6.92 Å². The van der Waals surface area contributed by atoms with Crippen molar-refractivity contribution < 1.29 is 15.0 Å². The standard InChI is InChI=1S/C10H15NO3/c1-3-8-10(14)9(13)7(4-11-8)6(2)5-12/h4,6-7,12,14H,3,5H2,1-2H3. The van der Waals surface area contributed by atoms with Gasteiger partial charge in [0.05, 0.1) is 11.6 Å². The first kappa shape index (κ1) is 10.9. The summed E-state index contributed by atoms with van der Waals surface area (Å²) in [5, 5.41) is 18.4. The molecule has 4 nitrogen and oxygen atoms in total. The summed E-state index contributed by atoms with van der Waals surface area (Å²) in [6.07, 6.45) is 2.05. The first-order valence-electron chi connectivity index (χ1n) is 4.73. The van der Waals surface area contributed by atoms with E-state index < -0.39 is 5.92 Å². The summed E-state index contributed by atoms with van der Waals surface area (Å²) >= 11 is 0. The minimum atomic E-state index is -0.490. The molecule has 0 aromatic carbocycles. The first-order valence-corrected chi connectivity index (χ1v) is 4.73. The molecule has 14 heavy (non-hydrogen) atoms. The van der Waals surface area contributed by atoms with E-state index in [2.05, 4.69) is 4.99 Å². The van der Waals surface area contributed by atoms with Gasteiger partial charge in [-0.3, -0.25) is 9.79 Å². The molecule has 2 N–H and O–H groups in total. The maximum Gasteiger partial charge on any atom is 0.207 e. The fourth-order valence-corrected chi connectivity index (χ4v) is 1.38. The average Bonchev–Trinajstić information content (AvgIpc) is 2.21. The van der Waals surface area contributed by atoms with Crippen LogP contribution in [-0.4, -0.2) is 28.8 Å². The number of ketones is 1. The number of rotatable bonds is 3. The van der Waals surface area contributed by atoms with Gasteiger partial charge in [-0.2, -0.15) is 0 Å². The van der Waals surface area contributed by atoms with Crippen LogP contribution >= 0.6 is 0 Å². The van der Waals surface area contributed by atoms with Crippen LogP contribution < -0.4 is 0 Å². The third-order valence-electron chi connectivity index (χ3n) is 2.44. The predicted molar refractivity (Wildman–Crippen MR) is 53.2 cm³/mol. The number of nitrogens with zero attached hydrogens (tertiary/aromatic N) is 1. The van der Waals surface area contributed by atoms with E-state index in [0.717, 1.165) is 0 Å². The number of Topliss-reactive ketones (excluding diaryl/α,β-unsaturated/α-hetero) is 1. The molecule has 1 aliphatic heterocycles. The molecule has 0 saturated carbocycles. The van der Waals surface area contributed by atoms with E-state index in [1.165, 1.54) is 6.21 Å². The molecule has 0 amide bonds. The molecular weight excluding hydrogens is 182 g/mol. The van der Waals surface area contributed by atoms with Crippen LogP contribution in [0.5, 0.6) is 0 Å². The van der Waals surface area contributed by atoms with E-state index in [0.29, 0.717) is 12.1 Å². The molecule has 0 radical (unpaired) electrons. The number of allylic oxidation sites excluding steroid dienone is 2. The number of aliphatic imine (C=N–C) groups is 1. The zero-order valence-corrected chi connectivity index (χ0v) is 8.40. The average molecular weight is 197 g/mol. The van der Waals surface area contributed by atoms with Crippen LogP contribution in [-0.2, 0) is 4.79 Å². The minimum Gasteiger partial charge on any atom is -0.503 e. The number of hydrogen-bond acceptors (Lipinski definition) is 4. The largest absolute Gasteiger partial charge is 0.503 e. The monoisotopic (exact) mass is 197 g/mol. The van der Waals surface area contributed by atoms with E-state index in [-0.39, 0.29) is 24.1 Å². The van der Waals surface area contributed by atoms with Crippen molar-refractivity contribution in [1.82, 2.24) is 0 Å². The van der Waals surface area contributed by atoms with Crippen LogP contribution in [0.2, 0.25) is 0 Å². The third-order valence-corrected chi connectivity index (χ3v) is 2.44. The topological polar surface area (TPSA) is 69.9 Å². The summed E-state index contributed by atoms with van der Waals surface area (Å²) in [5.41, 5.74) is 0.427. The van der Waals surface area contributed by atoms with Crippen molar-refractivity contribution >= 4 is 12.0 Å². The van der Waals surface area contributed by atoms with Crippen LogP contribution in [0.3, 0.4) is 0 Å². The summed E-state index contributed by atoms with van der Waals surface area (Å²) in [6.45, 7) is 3.49. The Balaban J connectivity index is 2.88. The Morgan fingerprint density at radius 2 is 2.29 bits per heavy atom. The molecular formula is C10H15NO3. The Bertz CT molecular complexity index is 294. The normalized spacial score (nSPS) is 24.2. The van der Waals surface area contributed by atoms with Crippen molar-refractivity contribution in [3.8, 4) is 0 Å². The lowest BCUT2D eigenvalue weighted by atomic mass is 9.88. The molecule has 2 atom stereocenters. The molecule has 0 saturated heterocycles. The van der Waals surface area contributed by atoms with Gasteiger partial charge < -0.3 is 10.2 Å². The molecule has 0 bridgehead atoms. The summed E-state index contributed by atoms with van der Waals surface area (Å²) in [6, 6.07) is 0. The zero-order chi connectivity index (χ0) is 10.7. The van der Waals surface area contributed by atoms with Crippen LogP contribution in [0.25, 0.3) is 0 Å². The smallest absolute Gasteiger partial charge is 0.207 e. The Labute approximate surface area is 83.0 Å². The van der Waals surface area contributed by atoms with Gasteiger partial charge in [0.15, 0.2) is 5.76 Å². The van der Waals surface area contributed by atoms with Crippen LogP contribution in [0.1, 0.15) is 20.3 Å². The van der Waals surface area contributed by atoms with E-state index in [4.69, 9.17) is 5.11 Å². The van der Waals surface area contributed by atoms with Crippen LogP contribution in [0, 0.1) is 11.8 Å². The van der Waals surface area contributed by atoms with Gasteiger partial charge in [0, 0.05) is 12.8 Å². The number of aliphatic hydroxyl groups excluding tert-OH is 2. The first-order chi connectivity index (χ1) is 6.61. The van der Waals surface area contributed by atoms with Crippen molar-refractivity contribution in [3.63, 3.8) is 0 Å². The Hall–Kier alpha value is -1.16. The highest BCUT2D eigenvalue weighted by Gasteiger charge is 2.30. The molecule has 0 fully saturated rings. The molecule has 0 aromatic heterocycles. The molecule has 4 heteroatoms. The molecule has 78 valence electrons. The van der Waals surface area contributed by atoms with Crippen molar-refractivity contribution in [2.24, 2.45) is 16.8 Å². The van der Waals surface area contributed by atoms with Crippen molar-refractivity contribution in [1.29, 1.82) is 0 Å². The van der Waals surface area contributed by atoms with Gasteiger partial charge in [0.1, 0.15) is 0 Å². The van der Waals surface area contributed by atoms with Gasteiger partial charge in [0.2, 0.25) is 5.78 Å². The number of carbonyl (C=O) groups is 1. The van der Waals surface area contributed by atoms with E-state index in [1.54, 1.807) is 6.92 Å². The second-order valence-corrected chi connectivity index (χ2v) is 3.48. The maximum absolute atomic E-state index is 11.6. The third kappa shape index (κ3) is 1.85. The second kappa shape index (κ2) is 4.37. The highest BCUT2D eigenvalue weighted by atomic mass is 16.3. The zero-order valence-electron chi connectivity index (χ0n) is 8.40. The van der Waals surface area contributed by atoms with Gasteiger partial charge in [-0.1, -0.05) is 13.8 Å². The molecule has 2 unspecified atom stereocenters. The number of carbonyl (C=O) groups excluding carboxylic acids is 1. The number of hydrogen-bond donors (Lipinski definition) is 2. The molecule has 0 aliphatic carbocycles. The van der Waals surface area contributed by atoms with Gasteiger partial charge in [-0.05, 0) is 12.3 Å². The van der Waals surface area contributed by atoms with Crippen molar-refractivity contribution in [3.05, 3.63) is 11.5 Å². The Morgan fingerprint density at radius 3 is 2.79 bits per heavy atom. The van der Waals surface area contributed by atoms with Crippen molar-refractivity contribution in [2.75, 3.05) is 6.61 Å². The molecule has 1 aliphatic rings. The lowest BCUT2D eigenvalue weighted by Gasteiger charge is -2.20. The SMILES string of the molecule is CCC1=C(O)C(=O)C(C(C)CO)C=N1. The molecule has 0 aromatic rings. The fraction of sp³-hybridized carbons (Fsp3) is 0.600. The highest BCUT2D eigenvalue weighted by molar-refractivity contribution is 6.06. The Morgan fingerprint density at radius 1 is 1.64 bits per heavy atom. The molecule has 1 heterocycles. The van der Waals surface area contributed by atoms with E-state index >= 15 is 0 Å². The summed E-state index contributed by atoms with van der Waals surface area (Å²) < 4.78 is 0. The summed E-state index contributed by atoms with van der Waals surface area (Å²) in [5.74, 6) is -1.28. The van der Waals surface area contributed by atoms with Crippen molar-refractivity contribution in [2.45, 2.75) is 20.3 Å². The second-order valence-electron chi connectivity index (χ2n) is 3.48. The van der Waals surface area contributed by atoms with Gasteiger partial charge >= 0.3 is 0 Å². The Kier molecular flexibility index (Phi) is 3.41. The predicted octanol–water partition coefficient (Wildman–Crippen LogP) is 1.06. The van der Waals surface area contributed by atoms with Crippen LogP contribution in [0.4, 0.5) is 0 Å². The van der Waals surface area contributed by atoms with Gasteiger partial charge in [-0.25, -0.2) is 0 Å². The number of aliphatic hydroxyl groups is 2. The lowest BCUT2D eigenvalue weighted by molar-refractivity contribution is -0.121. The fourth-order valence-electron chi connectivity index (χ4n) is 1.38. The van der Waals surface area contributed by atoms with E-state index in [9.17, 15) is 9.90 Å². The minimum absolute atomic E-state index is 0.0861. The van der Waals surface area contributed by atoms with Gasteiger partial charge in [0.25, 0.3) is 0 Å². The quantitative estimate of drug-likeness (QED) is 0.710. The highest BCUT2D eigenvalue weighted by Crippen LogP contribution is 2.22. The molecule has 1 rings (SSSR count). The summed E-state index contributed by atoms with van der Waals surface area (Å²) in [4.78, 5) is 15.6. The lowest BCUT2D eigenvalue weighted by Crippen LogP contribution is -2.30. The summed E-state index contributed by atoms with van der Waals surface area (Å²) in [7, 11) is 0. The van der Waals surface area contributed by atoms with Crippen LogP contribution in [0.15, 0.2) is 16.4 Å². The maximum atomic E-state index is 11.6.